The zero-order valence-corrected chi connectivity index (χ0v) is 10.4. The van der Waals surface area contributed by atoms with Crippen molar-refractivity contribution >= 4 is 5.91 Å². The van der Waals surface area contributed by atoms with Gasteiger partial charge in [0.1, 0.15) is 0 Å². The molecule has 4 nitrogen and oxygen atoms in total. The molecule has 1 amide bonds. The van der Waals surface area contributed by atoms with Gasteiger partial charge in [0.2, 0.25) is 0 Å². The third-order valence-corrected chi connectivity index (χ3v) is 3.58. The molecule has 17 heavy (non-hydrogen) atoms. The summed E-state index contributed by atoms with van der Waals surface area (Å²) in [6, 6.07) is 0. The van der Waals surface area contributed by atoms with Gasteiger partial charge in [0.25, 0.3) is 5.91 Å². The molecule has 3 N–H and O–H groups in total. The summed E-state index contributed by atoms with van der Waals surface area (Å²) in [6.45, 7) is 5.62. The molecule has 0 rings (SSSR count). The van der Waals surface area contributed by atoms with E-state index in [4.69, 9.17) is 5.21 Å². The number of halogens is 3. The summed E-state index contributed by atoms with van der Waals surface area (Å²) in [5, 5.41) is 18.3. The summed E-state index contributed by atoms with van der Waals surface area (Å²) >= 11 is 0. The van der Waals surface area contributed by atoms with E-state index in [2.05, 4.69) is 0 Å². The molecule has 0 aliphatic rings. The van der Waals surface area contributed by atoms with Gasteiger partial charge in [-0.3, -0.25) is 10.0 Å². The van der Waals surface area contributed by atoms with Crippen LogP contribution in [0.4, 0.5) is 13.2 Å². The number of amides is 1. The fourth-order valence-electron chi connectivity index (χ4n) is 1.69. The Kier molecular flexibility index (Phi) is 3.93. The minimum Gasteiger partial charge on any atom is -0.380 e. The standard InChI is InChI=1S/C10H18F3NO3/c1-7(2,3)8(4,6(15)14-17)9(5,16)10(11,12)13/h16-17H,1-5H3,(H,14,15). The molecule has 0 saturated carbocycles. The molecule has 0 spiro atoms. The van der Waals surface area contributed by atoms with Gasteiger partial charge >= 0.3 is 6.18 Å². The number of hydrogen-bond donors (Lipinski definition) is 3. The number of alkyl halides is 3. The van der Waals surface area contributed by atoms with Crippen molar-refractivity contribution in [3.63, 3.8) is 0 Å². The Morgan fingerprint density at radius 3 is 1.59 bits per heavy atom. The highest BCUT2D eigenvalue weighted by Gasteiger charge is 2.68. The number of rotatable bonds is 2. The maximum absolute atomic E-state index is 12.8. The molecule has 0 fully saturated rings. The van der Waals surface area contributed by atoms with E-state index in [1.807, 2.05) is 0 Å². The summed E-state index contributed by atoms with van der Waals surface area (Å²) in [4.78, 5) is 11.6. The normalized spacial score (nSPS) is 20.4. The summed E-state index contributed by atoms with van der Waals surface area (Å²) in [6.07, 6.45) is -5.00. The Hall–Kier alpha value is -0.820. The van der Waals surface area contributed by atoms with E-state index in [0.717, 1.165) is 6.92 Å². The van der Waals surface area contributed by atoms with E-state index in [0.29, 0.717) is 6.92 Å². The van der Waals surface area contributed by atoms with Crippen LogP contribution in [0, 0.1) is 10.8 Å². The zero-order chi connectivity index (χ0) is 14.3. The number of hydrogen-bond acceptors (Lipinski definition) is 3. The van der Waals surface area contributed by atoms with Crippen LogP contribution in [0.2, 0.25) is 0 Å². The molecule has 2 atom stereocenters. The fraction of sp³-hybridized carbons (Fsp3) is 0.900. The van der Waals surface area contributed by atoms with Crippen molar-refractivity contribution in [3.05, 3.63) is 0 Å². The largest absolute Gasteiger partial charge is 0.417 e. The van der Waals surface area contributed by atoms with Crippen LogP contribution in [-0.4, -0.2) is 28.0 Å². The van der Waals surface area contributed by atoms with Gasteiger partial charge in [0.05, 0.1) is 5.41 Å². The fourth-order valence-corrected chi connectivity index (χ4v) is 1.69. The summed E-state index contributed by atoms with van der Waals surface area (Å²) < 4.78 is 38.5. The van der Waals surface area contributed by atoms with Crippen molar-refractivity contribution in [2.24, 2.45) is 10.8 Å². The monoisotopic (exact) mass is 257 g/mol. The molecule has 0 aromatic carbocycles. The Labute approximate surface area is 97.8 Å². The van der Waals surface area contributed by atoms with Gasteiger partial charge in [-0.15, -0.1) is 0 Å². The zero-order valence-electron chi connectivity index (χ0n) is 10.4. The molecule has 7 heteroatoms. The summed E-state index contributed by atoms with van der Waals surface area (Å²) in [7, 11) is 0. The smallest absolute Gasteiger partial charge is 0.380 e. The van der Waals surface area contributed by atoms with Crippen molar-refractivity contribution in [2.45, 2.75) is 46.4 Å². The molecule has 0 radical (unpaired) electrons. The molecule has 2 unspecified atom stereocenters. The van der Waals surface area contributed by atoms with Gasteiger partial charge in [-0.05, 0) is 19.3 Å². The minimum absolute atomic E-state index is 0.521. The lowest BCUT2D eigenvalue weighted by Gasteiger charge is -2.49. The highest BCUT2D eigenvalue weighted by atomic mass is 19.4. The molecule has 0 heterocycles. The number of nitrogens with one attached hydrogen (secondary N) is 1. The predicted octanol–water partition coefficient (Wildman–Crippen LogP) is 1.86. The second kappa shape index (κ2) is 4.13. The number of aliphatic hydroxyl groups is 1. The maximum atomic E-state index is 12.8. The van der Waals surface area contributed by atoms with Crippen LogP contribution in [0.25, 0.3) is 0 Å². The quantitative estimate of drug-likeness (QED) is 0.522. The van der Waals surface area contributed by atoms with Crippen LogP contribution in [0.5, 0.6) is 0 Å². The van der Waals surface area contributed by atoms with Crippen LogP contribution in [-0.2, 0) is 4.79 Å². The van der Waals surface area contributed by atoms with Gasteiger partial charge in [-0.2, -0.15) is 13.2 Å². The van der Waals surface area contributed by atoms with E-state index in [1.54, 1.807) is 0 Å². The van der Waals surface area contributed by atoms with Gasteiger partial charge in [0, 0.05) is 0 Å². The SMILES string of the molecule is CC(C)(C)C(C)(C(=O)NO)C(C)(O)C(F)(F)F. The van der Waals surface area contributed by atoms with Crippen LogP contribution < -0.4 is 5.48 Å². The Morgan fingerprint density at radius 1 is 1.06 bits per heavy atom. The molecule has 0 aromatic rings. The van der Waals surface area contributed by atoms with Gasteiger partial charge < -0.3 is 5.11 Å². The molecule has 102 valence electrons. The highest BCUT2D eigenvalue weighted by Crippen LogP contribution is 2.53. The minimum atomic E-state index is -5.00. The van der Waals surface area contributed by atoms with Crippen molar-refractivity contribution in [1.29, 1.82) is 0 Å². The molecular formula is C10H18F3NO3. The first kappa shape index (κ1) is 16.2. The first-order valence-corrected chi connectivity index (χ1v) is 4.97. The second-order valence-electron chi connectivity index (χ2n) is 5.39. The third-order valence-electron chi connectivity index (χ3n) is 3.58. The van der Waals surface area contributed by atoms with E-state index in [1.165, 1.54) is 26.3 Å². The average molecular weight is 257 g/mol. The Balaban J connectivity index is 5.92. The molecule has 0 saturated heterocycles. The predicted molar refractivity (Wildman–Crippen MR) is 54.2 cm³/mol. The van der Waals surface area contributed by atoms with Crippen LogP contribution >= 0.6 is 0 Å². The lowest BCUT2D eigenvalue weighted by Crippen LogP contribution is -2.65. The van der Waals surface area contributed by atoms with E-state index in [-0.39, 0.29) is 0 Å². The second-order valence-corrected chi connectivity index (χ2v) is 5.39. The molecule has 0 bridgehead atoms. The van der Waals surface area contributed by atoms with Crippen LogP contribution in [0.3, 0.4) is 0 Å². The van der Waals surface area contributed by atoms with Gasteiger partial charge in [-0.1, -0.05) is 20.8 Å². The lowest BCUT2D eigenvalue weighted by atomic mass is 9.58. The Bertz CT molecular complexity index is 307. The number of hydroxylamine groups is 1. The van der Waals surface area contributed by atoms with Crippen LogP contribution in [0.15, 0.2) is 0 Å². The molecule has 0 aliphatic heterocycles. The van der Waals surface area contributed by atoms with E-state index >= 15 is 0 Å². The van der Waals surface area contributed by atoms with Crippen LogP contribution in [0.1, 0.15) is 34.6 Å². The topological polar surface area (TPSA) is 69.6 Å². The first-order chi connectivity index (χ1) is 7.23. The van der Waals surface area contributed by atoms with Gasteiger partial charge in [-0.25, -0.2) is 5.48 Å². The number of carbonyl (C=O) groups excluding carboxylic acids is 1. The van der Waals surface area contributed by atoms with Crippen molar-refractivity contribution in [2.75, 3.05) is 0 Å². The molecular weight excluding hydrogens is 239 g/mol. The average Bonchev–Trinajstić information content (AvgIpc) is 2.11. The van der Waals surface area contributed by atoms with Crippen molar-refractivity contribution in [3.8, 4) is 0 Å². The maximum Gasteiger partial charge on any atom is 0.417 e. The van der Waals surface area contributed by atoms with Crippen molar-refractivity contribution in [1.82, 2.24) is 5.48 Å². The summed E-state index contributed by atoms with van der Waals surface area (Å²) in [5.74, 6) is -1.28. The highest BCUT2D eigenvalue weighted by molar-refractivity contribution is 5.83. The third kappa shape index (κ3) is 2.26. The lowest BCUT2D eigenvalue weighted by molar-refractivity contribution is -0.302. The van der Waals surface area contributed by atoms with Gasteiger partial charge in [0.15, 0.2) is 5.60 Å². The van der Waals surface area contributed by atoms with E-state index < -0.39 is 28.5 Å². The number of carbonyl (C=O) groups is 1. The first-order valence-electron chi connectivity index (χ1n) is 4.97. The van der Waals surface area contributed by atoms with Crippen molar-refractivity contribution < 1.29 is 28.3 Å². The van der Waals surface area contributed by atoms with E-state index in [9.17, 15) is 23.1 Å². The molecule has 0 aromatic heterocycles. The molecule has 0 aliphatic carbocycles. The summed E-state index contributed by atoms with van der Waals surface area (Å²) in [5.41, 5.74) is -5.55. The Morgan fingerprint density at radius 2 is 1.41 bits per heavy atom.